The number of nitro benzene ring substituents is 1. The zero-order valence-electron chi connectivity index (χ0n) is 15.8. The number of halogens is 1. The molecule has 1 aromatic heterocycles. The molecular formula is C20H16ClN3O5S. The molecule has 0 aliphatic carbocycles. The van der Waals surface area contributed by atoms with Crippen LogP contribution in [0, 0.1) is 21.4 Å². The number of aromatic nitrogens is 1. The zero-order valence-corrected chi connectivity index (χ0v) is 17.4. The summed E-state index contributed by atoms with van der Waals surface area (Å²) in [5.41, 5.74) is 0.902. The van der Waals surface area contributed by atoms with Crippen LogP contribution in [0.1, 0.15) is 12.5 Å². The molecule has 0 aliphatic heterocycles. The maximum atomic E-state index is 13.3. The van der Waals surface area contributed by atoms with Crippen molar-refractivity contribution >= 4 is 27.1 Å². The first-order valence-corrected chi connectivity index (χ1v) is 10.6. The van der Waals surface area contributed by atoms with Gasteiger partial charge < -0.3 is 9.30 Å². The molecule has 30 heavy (non-hydrogen) atoms. The molecule has 3 rings (SSSR count). The van der Waals surface area contributed by atoms with Crippen LogP contribution in [0.5, 0.6) is 0 Å². The predicted molar refractivity (Wildman–Crippen MR) is 110 cm³/mol. The molecule has 0 amide bonds. The van der Waals surface area contributed by atoms with E-state index in [1.165, 1.54) is 22.8 Å². The Kier molecular flexibility index (Phi) is 6.22. The predicted octanol–water partition coefficient (Wildman–Crippen LogP) is 4.42. The van der Waals surface area contributed by atoms with Crippen molar-refractivity contribution in [3.63, 3.8) is 0 Å². The van der Waals surface area contributed by atoms with E-state index in [1.807, 2.05) is 6.07 Å². The van der Waals surface area contributed by atoms with E-state index < -0.39 is 14.8 Å². The first-order chi connectivity index (χ1) is 14.3. The molecule has 0 saturated carbocycles. The highest BCUT2D eigenvalue weighted by Crippen LogP contribution is 2.33. The SMILES string of the molecule is CCOCn1c(S(=O)(=O)c2ccc([N+](=O)[O-])cc2)cc(C#N)c1-c1ccc(Cl)cc1. The van der Waals surface area contributed by atoms with Gasteiger partial charge in [-0.05, 0) is 42.8 Å². The highest BCUT2D eigenvalue weighted by Gasteiger charge is 2.28. The molecule has 0 saturated heterocycles. The van der Waals surface area contributed by atoms with Gasteiger partial charge in [-0.2, -0.15) is 5.26 Å². The molecule has 154 valence electrons. The van der Waals surface area contributed by atoms with Gasteiger partial charge in [-0.1, -0.05) is 23.7 Å². The zero-order chi connectivity index (χ0) is 21.9. The summed E-state index contributed by atoms with van der Waals surface area (Å²) in [6.07, 6.45) is 0. The standard InChI is InChI=1S/C20H16ClN3O5S/c1-2-29-13-23-19(30(27,28)18-9-7-17(8-10-18)24(25)26)11-15(12-22)20(23)14-3-5-16(21)6-4-14/h3-11H,2,13H2,1H3. The topological polar surface area (TPSA) is 115 Å². The van der Waals surface area contributed by atoms with Crippen LogP contribution in [-0.4, -0.2) is 24.5 Å². The molecule has 10 heteroatoms. The molecule has 0 N–H and O–H groups in total. The van der Waals surface area contributed by atoms with Crippen molar-refractivity contribution in [1.82, 2.24) is 4.57 Å². The maximum Gasteiger partial charge on any atom is 0.269 e. The van der Waals surface area contributed by atoms with Crippen LogP contribution in [0.3, 0.4) is 0 Å². The summed E-state index contributed by atoms with van der Waals surface area (Å²) >= 11 is 5.95. The lowest BCUT2D eigenvalue weighted by atomic mass is 10.1. The maximum absolute atomic E-state index is 13.3. The summed E-state index contributed by atoms with van der Waals surface area (Å²) < 4.78 is 33.4. The van der Waals surface area contributed by atoms with Crippen LogP contribution >= 0.6 is 11.6 Å². The summed E-state index contributed by atoms with van der Waals surface area (Å²) in [6, 6.07) is 14.5. The average Bonchev–Trinajstić information content (AvgIpc) is 3.12. The summed E-state index contributed by atoms with van der Waals surface area (Å²) in [5, 5.41) is 20.8. The minimum absolute atomic E-state index is 0.0995. The number of rotatable bonds is 7. The van der Waals surface area contributed by atoms with E-state index in [0.717, 1.165) is 12.1 Å². The van der Waals surface area contributed by atoms with Gasteiger partial charge in [-0.15, -0.1) is 0 Å². The molecule has 1 heterocycles. The molecule has 0 fully saturated rings. The quantitative estimate of drug-likeness (QED) is 0.392. The van der Waals surface area contributed by atoms with E-state index in [1.54, 1.807) is 31.2 Å². The highest BCUT2D eigenvalue weighted by atomic mass is 35.5. The van der Waals surface area contributed by atoms with Crippen LogP contribution in [0.15, 0.2) is 64.5 Å². The van der Waals surface area contributed by atoms with Crippen molar-refractivity contribution in [2.24, 2.45) is 0 Å². The van der Waals surface area contributed by atoms with Crippen LogP contribution in [0.2, 0.25) is 5.02 Å². The lowest BCUT2D eigenvalue weighted by molar-refractivity contribution is -0.384. The van der Waals surface area contributed by atoms with Crippen molar-refractivity contribution in [2.45, 2.75) is 23.6 Å². The molecule has 2 aromatic carbocycles. The Balaban J connectivity index is 2.21. The molecule has 0 radical (unpaired) electrons. The lowest BCUT2D eigenvalue weighted by Gasteiger charge is -2.14. The van der Waals surface area contributed by atoms with Gasteiger partial charge in [-0.25, -0.2) is 8.42 Å². The second-order valence-corrected chi connectivity index (χ2v) is 8.50. The van der Waals surface area contributed by atoms with E-state index >= 15 is 0 Å². The molecule has 0 bridgehead atoms. The summed E-state index contributed by atoms with van der Waals surface area (Å²) in [4.78, 5) is 10.1. The van der Waals surface area contributed by atoms with Gasteiger partial charge in [0.05, 0.1) is 21.1 Å². The third kappa shape index (κ3) is 4.07. The summed E-state index contributed by atoms with van der Waals surface area (Å²) in [7, 11) is -4.09. The van der Waals surface area contributed by atoms with Crippen LogP contribution in [-0.2, 0) is 21.3 Å². The van der Waals surface area contributed by atoms with Gasteiger partial charge in [0.25, 0.3) is 5.69 Å². The van der Waals surface area contributed by atoms with Crippen molar-refractivity contribution in [3.05, 3.63) is 75.3 Å². The molecule has 8 nitrogen and oxygen atoms in total. The van der Waals surface area contributed by atoms with Gasteiger partial charge in [0.2, 0.25) is 9.84 Å². The van der Waals surface area contributed by atoms with Crippen molar-refractivity contribution in [2.75, 3.05) is 6.61 Å². The van der Waals surface area contributed by atoms with Gasteiger partial charge in [0.15, 0.2) is 0 Å². The number of nitro groups is 1. The normalized spacial score (nSPS) is 11.2. The van der Waals surface area contributed by atoms with E-state index in [-0.39, 0.29) is 27.9 Å². The Morgan fingerprint density at radius 1 is 1.17 bits per heavy atom. The Labute approximate surface area is 178 Å². The largest absolute Gasteiger partial charge is 0.361 e. The number of non-ortho nitro benzene ring substituents is 1. The Bertz CT molecular complexity index is 1230. The fourth-order valence-corrected chi connectivity index (χ4v) is 4.50. The first-order valence-electron chi connectivity index (χ1n) is 8.76. The Morgan fingerprint density at radius 2 is 1.80 bits per heavy atom. The summed E-state index contributed by atoms with van der Waals surface area (Å²) in [5.74, 6) is 0. The smallest absolute Gasteiger partial charge is 0.269 e. The molecule has 3 aromatic rings. The third-order valence-corrected chi connectivity index (χ3v) is 6.39. The Hall–Kier alpha value is -3.19. The second-order valence-electron chi connectivity index (χ2n) is 6.17. The highest BCUT2D eigenvalue weighted by molar-refractivity contribution is 7.91. The van der Waals surface area contributed by atoms with Gasteiger partial charge in [-0.3, -0.25) is 10.1 Å². The van der Waals surface area contributed by atoms with Gasteiger partial charge in [0.1, 0.15) is 17.8 Å². The molecule has 0 unspecified atom stereocenters. The number of benzene rings is 2. The number of hydrogen-bond donors (Lipinski definition) is 0. The van der Waals surface area contributed by atoms with E-state index in [0.29, 0.717) is 22.9 Å². The molecule has 0 aliphatic rings. The van der Waals surface area contributed by atoms with E-state index in [4.69, 9.17) is 16.3 Å². The minimum atomic E-state index is -4.09. The number of nitrogens with zero attached hydrogens (tertiary/aromatic N) is 3. The van der Waals surface area contributed by atoms with Crippen molar-refractivity contribution in [3.8, 4) is 17.3 Å². The van der Waals surface area contributed by atoms with Crippen LogP contribution in [0.25, 0.3) is 11.3 Å². The number of ether oxygens (including phenoxy) is 1. The van der Waals surface area contributed by atoms with Crippen LogP contribution in [0.4, 0.5) is 5.69 Å². The van der Waals surface area contributed by atoms with E-state index in [2.05, 4.69) is 0 Å². The third-order valence-electron chi connectivity index (χ3n) is 4.35. The van der Waals surface area contributed by atoms with E-state index in [9.17, 15) is 23.8 Å². The fourth-order valence-electron chi connectivity index (χ4n) is 2.93. The first kappa shape index (κ1) is 21.5. The average molecular weight is 446 g/mol. The van der Waals surface area contributed by atoms with Crippen molar-refractivity contribution < 1.29 is 18.1 Å². The lowest BCUT2D eigenvalue weighted by Crippen LogP contribution is -2.13. The summed E-state index contributed by atoms with van der Waals surface area (Å²) in [6.45, 7) is 2.00. The molecular weight excluding hydrogens is 430 g/mol. The second kappa shape index (κ2) is 8.67. The number of sulfone groups is 1. The molecule has 0 atom stereocenters. The monoisotopic (exact) mass is 445 g/mol. The van der Waals surface area contributed by atoms with Crippen LogP contribution < -0.4 is 0 Å². The Morgan fingerprint density at radius 3 is 2.33 bits per heavy atom. The number of hydrogen-bond acceptors (Lipinski definition) is 6. The van der Waals surface area contributed by atoms with Gasteiger partial charge >= 0.3 is 0 Å². The van der Waals surface area contributed by atoms with Gasteiger partial charge in [0, 0.05) is 23.8 Å². The molecule has 0 spiro atoms. The minimum Gasteiger partial charge on any atom is -0.361 e. The fraction of sp³-hybridized carbons (Fsp3) is 0.150. The van der Waals surface area contributed by atoms with Crippen molar-refractivity contribution in [1.29, 1.82) is 5.26 Å². The number of nitriles is 1.